The van der Waals surface area contributed by atoms with E-state index in [0.717, 1.165) is 30.4 Å². The van der Waals surface area contributed by atoms with Crippen LogP contribution in [0, 0.1) is 0 Å². The highest BCUT2D eigenvalue weighted by Gasteiger charge is 2.28. The minimum Gasteiger partial charge on any atom is -0.507 e. The Labute approximate surface area is 236 Å². The van der Waals surface area contributed by atoms with Crippen molar-refractivity contribution < 1.29 is 14.6 Å². The van der Waals surface area contributed by atoms with Gasteiger partial charge in [-0.2, -0.15) is 0 Å². The Bertz CT molecular complexity index is 746. The summed E-state index contributed by atoms with van der Waals surface area (Å²) in [7, 11) is 0. The first-order chi connectivity index (χ1) is 17.9. The van der Waals surface area contributed by atoms with Crippen molar-refractivity contribution in [3.8, 4) is 5.75 Å². The highest BCUT2D eigenvalue weighted by molar-refractivity contribution is 5.68. The van der Waals surface area contributed by atoms with Gasteiger partial charge in [-0.1, -0.05) is 145 Å². The van der Waals surface area contributed by atoms with E-state index in [1.54, 1.807) is 0 Å². The number of ether oxygens (including phenoxy) is 1. The van der Waals surface area contributed by atoms with Crippen molar-refractivity contribution in [2.75, 3.05) is 6.61 Å². The van der Waals surface area contributed by atoms with Gasteiger partial charge in [-0.3, -0.25) is 4.79 Å². The zero-order chi connectivity index (χ0) is 28.6. The lowest BCUT2D eigenvalue weighted by Gasteiger charge is -2.30. The molecule has 3 heteroatoms. The number of hydrogen-bond acceptors (Lipinski definition) is 3. The molecule has 0 saturated heterocycles. The number of carbonyl (C=O) groups excluding carboxylic acids is 1. The van der Waals surface area contributed by atoms with Crippen molar-refractivity contribution >= 4 is 5.97 Å². The van der Waals surface area contributed by atoms with E-state index >= 15 is 0 Å². The summed E-state index contributed by atoms with van der Waals surface area (Å²) < 4.78 is 5.39. The van der Waals surface area contributed by atoms with Crippen molar-refractivity contribution in [3.63, 3.8) is 0 Å². The quantitative estimate of drug-likeness (QED) is 0.143. The molecule has 0 spiro atoms. The maximum atomic E-state index is 11.6. The number of rotatable bonds is 19. The van der Waals surface area contributed by atoms with Crippen molar-refractivity contribution in [2.45, 2.75) is 175 Å². The number of carbonyl (C=O) groups is 1. The van der Waals surface area contributed by atoms with Gasteiger partial charge in [0.1, 0.15) is 5.75 Å². The van der Waals surface area contributed by atoms with Gasteiger partial charge in [0.25, 0.3) is 0 Å². The monoisotopic (exact) mass is 530 g/mol. The number of hydrogen-bond donors (Lipinski definition) is 1. The van der Waals surface area contributed by atoms with Crippen LogP contribution in [0.5, 0.6) is 5.75 Å². The molecule has 0 amide bonds. The zero-order valence-corrected chi connectivity index (χ0v) is 26.5. The van der Waals surface area contributed by atoms with E-state index in [-0.39, 0.29) is 16.8 Å². The molecule has 0 fully saturated rings. The Balaban J connectivity index is 2.78. The Morgan fingerprint density at radius 3 is 1.55 bits per heavy atom. The number of unbranched alkanes of at least 4 members (excludes halogenated alkanes) is 11. The van der Waals surface area contributed by atoms with E-state index in [2.05, 4.69) is 60.6 Å². The second kappa shape index (κ2) is 18.0. The molecule has 1 atom stereocenters. The molecule has 0 aliphatic carbocycles. The standard InChI is InChI=1S/C35H62O3/c1-9-11-12-13-14-15-16-17-18-19-20-21-23-28(24-22-25-38-32(36)10-2)29-26-30(34(3,4)5)33(37)31(27-29)35(6,7)8/h26-28,37H,9-25H2,1-8H3. The molecular weight excluding hydrogens is 468 g/mol. The third-order valence-corrected chi connectivity index (χ3v) is 7.87. The molecule has 0 aliphatic rings. The minimum atomic E-state index is -0.128. The van der Waals surface area contributed by atoms with Crippen LogP contribution < -0.4 is 0 Å². The van der Waals surface area contributed by atoms with Crippen LogP contribution in [0.25, 0.3) is 0 Å². The Morgan fingerprint density at radius 1 is 0.711 bits per heavy atom. The van der Waals surface area contributed by atoms with Gasteiger partial charge >= 0.3 is 5.97 Å². The summed E-state index contributed by atoms with van der Waals surface area (Å²) in [4.78, 5) is 11.6. The molecule has 1 N–H and O–H groups in total. The molecule has 1 aromatic rings. The van der Waals surface area contributed by atoms with Crippen molar-refractivity contribution in [1.82, 2.24) is 0 Å². The van der Waals surface area contributed by atoms with Gasteiger partial charge in [0.05, 0.1) is 6.61 Å². The predicted octanol–water partition coefficient (Wildman–Crippen LogP) is 10.9. The summed E-state index contributed by atoms with van der Waals surface area (Å²) in [5, 5.41) is 11.2. The first-order valence-corrected chi connectivity index (χ1v) is 15.9. The fourth-order valence-electron chi connectivity index (χ4n) is 5.36. The van der Waals surface area contributed by atoms with Gasteiger partial charge in [0.2, 0.25) is 0 Å². The van der Waals surface area contributed by atoms with Gasteiger partial charge in [-0.25, -0.2) is 0 Å². The fourth-order valence-corrected chi connectivity index (χ4v) is 5.36. The maximum Gasteiger partial charge on any atom is 0.305 e. The van der Waals surface area contributed by atoms with Gasteiger partial charge < -0.3 is 9.84 Å². The normalized spacial score (nSPS) is 13.1. The van der Waals surface area contributed by atoms with E-state index in [1.807, 2.05) is 6.92 Å². The lowest BCUT2D eigenvalue weighted by molar-refractivity contribution is -0.143. The van der Waals surface area contributed by atoms with Crippen molar-refractivity contribution in [3.05, 3.63) is 28.8 Å². The van der Waals surface area contributed by atoms with Crippen molar-refractivity contribution in [2.24, 2.45) is 0 Å². The summed E-state index contributed by atoms with van der Waals surface area (Å²) in [6.07, 6.45) is 19.8. The molecular formula is C35H62O3. The summed E-state index contributed by atoms with van der Waals surface area (Å²) in [6, 6.07) is 4.52. The highest BCUT2D eigenvalue weighted by atomic mass is 16.5. The fraction of sp³-hybridized carbons (Fsp3) is 0.800. The van der Waals surface area contributed by atoms with E-state index in [0.29, 0.717) is 24.7 Å². The summed E-state index contributed by atoms with van der Waals surface area (Å²) in [6.45, 7) is 17.7. The zero-order valence-electron chi connectivity index (χ0n) is 26.5. The summed E-state index contributed by atoms with van der Waals surface area (Å²) in [5.41, 5.74) is 3.16. The van der Waals surface area contributed by atoms with Gasteiger partial charge in [0.15, 0.2) is 0 Å². The van der Waals surface area contributed by atoms with Crippen LogP contribution in [0.15, 0.2) is 12.1 Å². The molecule has 3 nitrogen and oxygen atoms in total. The molecule has 0 heterocycles. The van der Waals surface area contributed by atoms with Crippen LogP contribution in [0.3, 0.4) is 0 Å². The number of phenolic OH excluding ortho intramolecular Hbond substituents is 1. The van der Waals surface area contributed by atoms with E-state index in [9.17, 15) is 9.90 Å². The average Bonchev–Trinajstić information content (AvgIpc) is 2.84. The first kappa shape index (κ1) is 34.5. The maximum absolute atomic E-state index is 11.6. The molecule has 1 unspecified atom stereocenters. The number of esters is 1. The van der Waals surface area contributed by atoms with Gasteiger partial charge in [-0.15, -0.1) is 0 Å². The van der Waals surface area contributed by atoms with Gasteiger partial charge in [-0.05, 0) is 52.7 Å². The predicted molar refractivity (Wildman–Crippen MR) is 164 cm³/mol. The van der Waals surface area contributed by atoms with E-state index in [4.69, 9.17) is 4.74 Å². The molecule has 0 aromatic heterocycles. The Hall–Kier alpha value is -1.51. The van der Waals surface area contributed by atoms with Crippen LogP contribution >= 0.6 is 0 Å². The smallest absolute Gasteiger partial charge is 0.305 e. The number of benzene rings is 1. The van der Waals surface area contributed by atoms with Crippen LogP contribution in [0.1, 0.15) is 181 Å². The van der Waals surface area contributed by atoms with Crippen LogP contribution in [-0.2, 0) is 20.4 Å². The minimum absolute atomic E-state index is 0.114. The third-order valence-electron chi connectivity index (χ3n) is 7.87. The van der Waals surface area contributed by atoms with Crippen molar-refractivity contribution in [1.29, 1.82) is 0 Å². The third kappa shape index (κ3) is 13.5. The second-order valence-electron chi connectivity index (χ2n) is 13.6. The lowest BCUT2D eigenvalue weighted by atomic mass is 9.76. The topological polar surface area (TPSA) is 46.5 Å². The first-order valence-electron chi connectivity index (χ1n) is 15.9. The number of phenols is 1. The van der Waals surface area contributed by atoms with Crippen LogP contribution in [0.2, 0.25) is 0 Å². The summed E-state index contributed by atoms with van der Waals surface area (Å²) >= 11 is 0. The summed E-state index contributed by atoms with van der Waals surface area (Å²) in [5.74, 6) is 0.758. The Morgan fingerprint density at radius 2 is 1.13 bits per heavy atom. The second-order valence-corrected chi connectivity index (χ2v) is 13.6. The molecule has 0 aliphatic heterocycles. The lowest BCUT2D eigenvalue weighted by Crippen LogP contribution is -2.18. The number of aromatic hydroxyl groups is 1. The highest BCUT2D eigenvalue weighted by Crippen LogP contribution is 2.42. The average molecular weight is 531 g/mol. The van der Waals surface area contributed by atoms with Crippen LogP contribution in [0.4, 0.5) is 0 Å². The van der Waals surface area contributed by atoms with E-state index in [1.165, 1.54) is 82.6 Å². The van der Waals surface area contributed by atoms with E-state index < -0.39 is 0 Å². The molecule has 1 rings (SSSR count). The Kier molecular flexibility index (Phi) is 16.3. The molecule has 220 valence electrons. The molecule has 1 aromatic carbocycles. The molecule has 0 bridgehead atoms. The van der Waals surface area contributed by atoms with Gasteiger partial charge in [0, 0.05) is 6.42 Å². The SMILES string of the molecule is CCCCCCCCCCCCCCC(CCCOC(=O)CC)c1cc(C(C)(C)C)c(O)c(C(C)(C)C)c1. The largest absolute Gasteiger partial charge is 0.507 e. The molecule has 38 heavy (non-hydrogen) atoms. The van der Waals surface area contributed by atoms with Crippen LogP contribution in [-0.4, -0.2) is 17.7 Å². The molecule has 0 saturated carbocycles. The molecule has 0 radical (unpaired) electrons.